The summed E-state index contributed by atoms with van der Waals surface area (Å²) in [6.07, 6.45) is 1.52. The van der Waals surface area contributed by atoms with E-state index < -0.39 is 23.0 Å². The normalized spacial score (nSPS) is 21.6. The number of ether oxygens (including phenoxy) is 1. The van der Waals surface area contributed by atoms with E-state index in [1.54, 1.807) is 18.4 Å². The van der Waals surface area contributed by atoms with Crippen LogP contribution in [-0.2, 0) is 39.3 Å². The minimum atomic E-state index is -1.58. The molecule has 0 bridgehead atoms. The van der Waals surface area contributed by atoms with Gasteiger partial charge in [0.1, 0.15) is 18.0 Å². The van der Waals surface area contributed by atoms with Crippen LogP contribution < -0.4 is 10.9 Å². The number of aliphatic hydroxyl groups is 1. The highest BCUT2D eigenvalue weighted by Gasteiger charge is 2.44. The highest BCUT2D eigenvalue weighted by molar-refractivity contribution is 5.94. The molecule has 2 aromatic heterocycles. The first-order chi connectivity index (χ1) is 17.9. The zero-order chi connectivity index (χ0) is 27.3. The van der Waals surface area contributed by atoms with Crippen LogP contribution in [0.5, 0.6) is 0 Å². The summed E-state index contributed by atoms with van der Waals surface area (Å²) in [4.78, 5) is 44.2. The van der Waals surface area contributed by atoms with Gasteiger partial charge in [-0.15, -0.1) is 0 Å². The van der Waals surface area contributed by atoms with Gasteiger partial charge in [-0.1, -0.05) is 6.92 Å². The van der Waals surface area contributed by atoms with Crippen molar-refractivity contribution in [2.45, 2.75) is 84.1 Å². The largest absolute Gasteiger partial charge is 0.460 e. The molecule has 6 rings (SSSR count). The van der Waals surface area contributed by atoms with Gasteiger partial charge < -0.3 is 19.7 Å². The third-order valence-corrected chi connectivity index (χ3v) is 8.70. The number of carbonyl (C=O) groups is 2. The number of amides is 1. The highest BCUT2D eigenvalue weighted by atomic mass is 19.1. The summed E-state index contributed by atoms with van der Waals surface area (Å²) in [5.41, 5.74) is 2.86. The SMILES string of the molecule is CC[C@@]1(C)C(=O)OCc2c1cc1n(c2=O)Cc2c-1nc1cc(F)c(C)c3c1c2[C@@H](NC(=O)C(C)(C)O)CC3. The van der Waals surface area contributed by atoms with E-state index in [1.165, 1.54) is 19.9 Å². The van der Waals surface area contributed by atoms with Crippen LogP contribution in [0.25, 0.3) is 22.3 Å². The molecule has 9 heteroatoms. The molecular weight excluding hydrogens is 489 g/mol. The molecular formula is C29H30FN3O5. The van der Waals surface area contributed by atoms with Crippen LogP contribution in [0.15, 0.2) is 16.9 Å². The van der Waals surface area contributed by atoms with E-state index in [4.69, 9.17) is 9.72 Å². The van der Waals surface area contributed by atoms with Crippen LogP contribution in [0, 0.1) is 12.7 Å². The van der Waals surface area contributed by atoms with Crippen LogP contribution in [0.3, 0.4) is 0 Å². The molecule has 2 aliphatic heterocycles. The number of fused-ring (bicyclic) bond motifs is 5. The Balaban J connectivity index is 1.64. The van der Waals surface area contributed by atoms with Crippen LogP contribution in [0.1, 0.15) is 80.0 Å². The van der Waals surface area contributed by atoms with Crippen molar-refractivity contribution in [1.29, 1.82) is 0 Å². The maximum Gasteiger partial charge on any atom is 0.316 e. The fraction of sp³-hybridized carbons (Fsp3) is 0.448. The average Bonchev–Trinajstić information content (AvgIpc) is 3.23. The molecule has 0 saturated carbocycles. The fourth-order valence-electron chi connectivity index (χ4n) is 6.20. The zero-order valence-corrected chi connectivity index (χ0v) is 22.1. The molecule has 38 heavy (non-hydrogen) atoms. The molecule has 1 aromatic carbocycles. The maximum atomic E-state index is 15.0. The van der Waals surface area contributed by atoms with Crippen molar-refractivity contribution in [1.82, 2.24) is 14.9 Å². The molecule has 0 unspecified atom stereocenters. The second-order valence-corrected chi connectivity index (χ2v) is 11.4. The number of carbonyl (C=O) groups excluding carboxylic acids is 2. The van der Waals surface area contributed by atoms with Crippen molar-refractivity contribution in [3.05, 3.63) is 61.7 Å². The van der Waals surface area contributed by atoms with Gasteiger partial charge in [-0.25, -0.2) is 9.37 Å². The van der Waals surface area contributed by atoms with Gasteiger partial charge >= 0.3 is 5.97 Å². The number of hydrogen-bond donors (Lipinski definition) is 2. The standard InChI is InChI=1S/C29H30FN3O5/c1-6-29(5)17-9-21-24-15(11-33(21)25(34)16(17)12-38-27(29)36)23-19(32-26(35)28(3,4)37)8-7-14-13(2)18(30)10-20(31-24)22(14)23/h9-10,19,37H,6-8,11-12H2,1-5H3,(H,32,35)/t19-,29+/m0/s1. The van der Waals surface area contributed by atoms with Crippen molar-refractivity contribution in [2.75, 3.05) is 0 Å². The van der Waals surface area contributed by atoms with Crippen LogP contribution in [-0.4, -0.2) is 32.1 Å². The molecule has 3 aliphatic rings. The number of cyclic esters (lactones) is 1. The van der Waals surface area contributed by atoms with E-state index in [0.29, 0.717) is 52.9 Å². The smallest absolute Gasteiger partial charge is 0.316 e. The van der Waals surface area contributed by atoms with E-state index in [1.807, 2.05) is 13.0 Å². The first-order valence-electron chi connectivity index (χ1n) is 13.0. The number of aromatic nitrogens is 2. The number of esters is 1. The molecule has 4 heterocycles. The Morgan fingerprint density at radius 3 is 2.71 bits per heavy atom. The molecule has 1 aliphatic carbocycles. The van der Waals surface area contributed by atoms with E-state index in [-0.39, 0.29) is 30.5 Å². The third-order valence-electron chi connectivity index (χ3n) is 8.70. The maximum absolute atomic E-state index is 15.0. The number of benzene rings is 1. The first-order valence-corrected chi connectivity index (χ1v) is 13.0. The topological polar surface area (TPSA) is 111 Å². The average molecular weight is 520 g/mol. The lowest BCUT2D eigenvalue weighted by Crippen LogP contribution is -2.44. The summed E-state index contributed by atoms with van der Waals surface area (Å²) < 4.78 is 22.0. The Morgan fingerprint density at radius 2 is 2.03 bits per heavy atom. The quantitative estimate of drug-likeness (QED) is 0.401. The zero-order valence-electron chi connectivity index (χ0n) is 22.1. The predicted octanol–water partition coefficient (Wildman–Crippen LogP) is 3.47. The van der Waals surface area contributed by atoms with Gasteiger partial charge in [0, 0.05) is 17.0 Å². The molecule has 0 spiro atoms. The summed E-state index contributed by atoms with van der Waals surface area (Å²) >= 11 is 0. The lowest BCUT2D eigenvalue weighted by atomic mass is 9.76. The molecule has 0 saturated heterocycles. The number of nitrogens with one attached hydrogen (secondary N) is 1. The minimum absolute atomic E-state index is 0.0830. The van der Waals surface area contributed by atoms with Gasteiger partial charge in [0.25, 0.3) is 11.5 Å². The second kappa shape index (κ2) is 7.96. The van der Waals surface area contributed by atoms with Crippen molar-refractivity contribution >= 4 is 22.8 Å². The van der Waals surface area contributed by atoms with Crippen LogP contribution in [0.2, 0.25) is 0 Å². The van der Waals surface area contributed by atoms with Crippen molar-refractivity contribution in [2.24, 2.45) is 0 Å². The summed E-state index contributed by atoms with van der Waals surface area (Å²) in [6.45, 7) is 8.42. The number of hydrogen-bond acceptors (Lipinski definition) is 6. The van der Waals surface area contributed by atoms with Gasteiger partial charge in [0.2, 0.25) is 0 Å². The predicted molar refractivity (Wildman–Crippen MR) is 138 cm³/mol. The fourth-order valence-corrected chi connectivity index (χ4v) is 6.20. The molecule has 198 valence electrons. The molecule has 2 N–H and O–H groups in total. The number of rotatable bonds is 3. The van der Waals surface area contributed by atoms with Gasteiger partial charge in [0.05, 0.1) is 40.5 Å². The third kappa shape index (κ3) is 3.24. The van der Waals surface area contributed by atoms with Gasteiger partial charge in [-0.2, -0.15) is 0 Å². The summed E-state index contributed by atoms with van der Waals surface area (Å²) in [5, 5.41) is 14.1. The Hall–Kier alpha value is -3.59. The number of pyridine rings is 2. The molecule has 3 aromatic rings. The summed E-state index contributed by atoms with van der Waals surface area (Å²) in [7, 11) is 0. The summed E-state index contributed by atoms with van der Waals surface area (Å²) in [5.74, 6) is -1.23. The number of aryl methyl sites for hydroxylation is 1. The second-order valence-electron chi connectivity index (χ2n) is 11.4. The monoisotopic (exact) mass is 519 g/mol. The van der Waals surface area contributed by atoms with Crippen LogP contribution in [0.4, 0.5) is 4.39 Å². The van der Waals surface area contributed by atoms with Crippen molar-refractivity contribution < 1.29 is 23.8 Å². The van der Waals surface area contributed by atoms with E-state index >= 15 is 0 Å². The summed E-state index contributed by atoms with van der Waals surface area (Å²) in [6, 6.07) is 2.82. The molecule has 0 radical (unpaired) electrons. The number of nitrogens with zero attached hydrogens (tertiary/aromatic N) is 2. The molecule has 8 nitrogen and oxygen atoms in total. The van der Waals surface area contributed by atoms with Gasteiger partial charge in [0.15, 0.2) is 0 Å². The minimum Gasteiger partial charge on any atom is -0.460 e. The Bertz CT molecular complexity index is 1650. The Labute approximate surface area is 218 Å². The van der Waals surface area contributed by atoms with Gasteiger partial charge in [-0.05, 0) is 75.3 Å². The molecule has 2 atom stereocenters. The number of halogens is 1. The highest BCUT2D eigenvalue weighted by Crippen LogP contribution is 2.46. The lowest BCUT2D eigenvalue weighted by molar-refractivity contribution is -0.153. The Morgan fingerprint density at radius 1 is 1.29 bits per heavy atom. The Kier molecular flexibility index (Phi) is 5.18. The lowest BCUT2D eigenvalue weighted by Gasteiger charge is -2.33. The van der Waals surface area contributed by atoms with Crippen LogP contribution >= 0.6 is 0 Å². The van der Waals surface area contributed by atoms with Crippen molar-refractivity contribution in [3.63, 3.8) is 0 Å². The van der Waals surface area contributed by atoms with E-state index in [9.17, 15) is 23.9 Å². The van der Waals surface area contributed by atoms with Gasteiger partial charge in [-0.3, -0.25) is 14.4 Å². The molecule has 0 fully saturated rings. The van der Waals surface area contributed by atoms with E-state index in [2.05, 4.69) is 5.32 Å². The van der Waals surface area contributed by atoms with E-state index in [0.717, 1.165) is 22.1 Å². The van der Waals surface area contributed by atoms with Crippen molar-refractivity contribution in [3.8, 4) is 11.4 Å². The first kappa shape index (κ1) is 24.7. The molecule has 1 amide bonds.